The Bertz CT molecular complexity index is 233. The highest BCUT2D eigenvalue weighted by atomic mass is 16.1. The molecule has 2 aliphatic rings. The topological polar surface area (TPSA) is 55.1 Å². The number of nitrogens with one attached hydrogen (secondary N) is 1. The van der Waals surface area contributed by atoms with Crippen LogP contribution < -0.4 is 11.1 Å². The molecule has 0 aromatic heterocycles. The lowest BCUT2D eigenvalue weighted by atomic mass is 10.1. The minimum atomic E-state index is 0.0220. The standard InChI is InChI=1S/C10H16N2O/c11-9-4-3-8(5-9)10(13)12-6-7-1-2-7/h3-4,7-9H,1-2,5-6,11H2,(H,12,13). The lowest BCUT2D eigenvalue weighted by molar-refractivity contribution is -0.123. The summed E-state index contributed by atoms with van der Waals surface area (Å²) in [4.78, 5) is 11.5. The number of carbonyl (C=O) groups excluding carboxylic acids is 1. The third-order valence-corrected chi connectivity index (χ3v) is 2.72. The fourth-order valence-electron chi connectivity index (χ4n) is 1.62. The first-order chi connectivity index (χ1) is 6.25. The first-order valence-corrected chi connectivity index (χ1v) is 4.97. The molecule has 0 bridgehead atoms. The van der Waals surface area contributed by atoms with Crippen molar-refractivity contribution in [2.75, 3.05) is 6.54 Å². The van der Waals surface area contributed by atoms with Crippen molar-refractivity contribution in [2.24, 2.45) is 17.6 Å². The molecule has 0 heterocycles. The van der Waals surface area contributed by atoms with Crippen molar-refractivity contribution < 1.29 is 4.79 Å². The summed E-state index contributed by atoms with van der Waals surface area (Å²) in [6, 6.07) is 0.0803. The van der Waals surface area contributed by atoms with E-state index in [0.29, 0.717) is 0 Å². The summed E-state index contributed by atoms with van der Waals surface area (Å²) in [6.07, 6.45) is 7.17. The lowest BCUT2D eigenvalue weighted by Gasteiger charge is -2.09. The van der Waals surface area contributed by atoms with Crippen LogP contribution in [-0.4, -0.2) is 18.5 Å². The Morgan fingerprint density at radius 3 is 2.77 bits per heavy atom. The molecule has 3 nitrogen and oxygen atoms in total. The van der Waals surface area contributed by atoms with Gasteiger partial charge < -0.3 is 11.1 Å². The van der Waals surface area contributed by atoms with E-state index in [1.807, 2.05) is 12.2 Å². The van der Waals surface area contributed by atoms with Gasteiger partial charge >= 0.3 is 0 Å². The van der Waals surface area contributed by atoms with Crippen LogP contribution in [-0.2, 0) is 4.79 Å². The van der Waals surface area contributed by atoms with Gasteiger partial charge in [0.25, 0.3) is 0 Å². The van der Waals surface area contributed by atoms with Crippen molar-refractivity contribution in [3.05, 3.63) is 12.2 Å². The molecule has 0 aliphatic heterocycles. The molecule has 0 radical (unpaired) electrons. The van der Waals surface area contributed by atoms with Crippen LogP contribution in [0.5, 0.6) is 0 Å². The maximum Gasteiger partial charge on any atom is 0.227 e. The molecule has 3 heteroatoms. The highest BCUT2D eigenvalue weighted by Crippen LogP contribution is 2.27. The van der Waals surface area contributed by atoms with Crippen LogP contribution in [0.4, 0.5) is 0 Å². The molecule has 0 saturated heterocycles. The van der Waals surface area contributed by atoms with E-state index < -0.39 is 0 Å². The summed E-state index contributed by atoms with van der Waals surface area (Å²) in [5.74, 6) is 0.924. The molecule has 1 saturated carbocycles. The predicted molar refractivity (Wildman–Crippen MR) is 51.0 cm³/mol. The minimum absolute atomic E-state index is 0.0220. The van der Waals surface area contributed by atoms with Gasteiger partial charge in [-0.2, -0.15) is 0 Å². The van der Waals surface area contributed by atoms with E-state index in [1.54, 1.807) is 0 Å². The Morgan fingerprint density at radius 2 is 2.23 bits per heavy atom. The Labute approximate surface area is 78.4 Å². The van der Waals surface area contributed by atoms with Gasteiger partial charge in [-0.05, 0) is 25.2 Å². The Kier molecular flexibility index (Phi) is 2.36. The molecule has 1 fully saturated rings. The van der Waals surface area contributed by atoms with Gasteiger partial charge in [-0.15, -0.1) is 0 Å². The van der Waals surface area contributed by atoms with Gasteiger partial charge in [0.1, 0.15) is 0 Å². The van der Waals surface area contributed by atoms with Crippen LogP contribution in [0.2, 0.25) is 0 Å². The summed E-state index contributed by atoms with van der Waals surface area (Å²) >= 11 is 0. The van der Waals surface area contributed by atoms with E-state index in [9.17, 15) is 4.79 Å². The van der Waals surface area contributed by atoms with Gasteiger partial charge in [0.15, 0.2) is 0 Å². The largest absolute Gasteiger partial charge is 0.355 e. The molecule has 1 amide bonds. The SMILES string of the molecule is NC1C=CC(C(=O)NCC2CC2)C1. The van der Waals surface area contributed by atoms with Crippen molar-refractivity contribution in [2.45, 2.75) is 25.3 Å². The zero-order chi connectivity index (χ0) is 9.26. The molecular weight excluding hydrogens is 164 g/mol. The van der Waals surface area contributed by atoms with E-state index in [-0.39, 0.29) is 17.9 Å². The van der Waals surface area contributed by atoms with Gasteiger partial charge in [0, 0.05) is 12.6 Å². The molecule has 3 N–H and O–H groups in total. The highest BCUT2D eigenvalue weighted by molar-refractivity contribution is 5.81. The molecule has 0 aromatic carbocycles. The summed E-state index contributed by atoms with van der Waals surface area (Å²) in [7, 11) is 0. The third-order valence-electron chi connectivity index (χ3n) is 2.72. The van der Waals surface area contributed by atoms with Gasteiger partial charge in [-0.1, -0.05) is 12.2 Å². The fraction of sp³-hybridized carbons (Fsp3) is 0.700. The van der Waals surface area contributed by atoms with Gasteiger partial charge in [-0.3, -0.25) is 4.79 Å². The molecule has 72 valence electrons. The second-order valence-corrected chi connectivity index (χ2v) is 4.08. The third kappa shape index (κ3) is 2.31. The molecule has 2 rings (SSSR count). The summed E-state index contributed by atoms with van der Waals surface area (Å²) in [5.41, 5.74) is 5.66. The maximum atomic E-state index is 11.5. The average Bonchev–Trinajstić information content (AvgIpc) is 2.84. The van der Waals surface area contributed by atoms with Crippen molar-refractivity contribution in [3.8, 4) is 0 Å². The van der Waals surface area contributed by atoms with Crippen LogP contribution in [0.1, 0.15) is 19.3 Å². The molecule has 13 heavy (non-hydrogen) atoms. The quantitative estimate of drug-likeness (QED) is 0.618. The number of nitrogens with two attached hydrogens (primary N) is 1. The van der Waals surface area contributed by atoms with Gasteiger partial charge in [-0.25, -0.2) is 0 Å². The Morgan fingerprint density at radius 1 is 1.46 bits per heavy atom. The van der Waals surface area contributed by atoms with Crippen LogP contribution >= 0.6 is 0 Å². The molecule has 0 aromatic rings. The number of hydrogen-bond acceptors (Lipinski definition) is 2. The number of hydrogen-bond donors (Lipinski definition) is 2. The van der Waals surface area contributed by atoms with Crippen LogP contribution in [0.25, 0.3) is 0 Å². The van der Waals surface area contributed by atoms with Crippen LogP contribution in [0, 0.1) is 11.8 Å². The number of amides is 1. The molecule has 2 aliphatic carbocycles. The van der Waals surface area contributed by atoms with Crippen molar-refractivity contribution in [3.63, 3.8) is 0 Å². The van der Waals surface area contributed by atoms with Crippen molar-refractivity contribution in [1.82, 2.24) is 5.32 Å². The van der Waals surface area contributed by atoms with Crippen LogP contribution in [0.15, 0.2) is 12.2 Å². The summed E-state index contributed by atoms with van der Waals surface area (Å²) in [6.45, 7) is 0.860. The van der Waals surface area contributed by atoms with E-state index in [0.717, 1.165) is 18.9 Å². The smallest absolute Gasteiger partial charge is 0.227 e. The highest BCUT2D eigenvalue weighted by Gasteiger charge is 2.25. The van der Waals surface area contributed by atoms with Crippen molar-refractivity contribution >= 4 is 5.91 Å². The van der Waals surface area contributed by atoms with Gasteiger partial charge in [0.05, 0.1) is 5.92 Å². The average molecular weight is 180 g/mol. The second kappa shape index (κ2) is 3.50. The zero-order valence-electron chi connectivity index (χ0n) is 7.70. The van der Waals surface area contributed by atoms with Gasteiger partial charge in [0.2, 0.25) is 5.91 Å². The molecular formula is C10H16N2O. The number of rotatable bonds is 3. The fourth-order valence-corrected chi connectivity index (χ4v) is 1.62. The van der Waals surface area contributed by atoms with E-state index in [1.165, 1.54) is 12.8 Å². The van der Waals surface area contributed by atoms with E-state index >= 15 is 0 Å². The monoisotopic (exact) mass is 180 g/mol. The normalized spacial score (nSPS) is 32.1. The molecule has 0 spiro atoms. The summed E-state index contributed by atoms with van der Waals surface area (Å²) < 4.78 is 0. The second-order valence-electron chi connectivity index (χ2n) is 4.08. The maximum absolute atomic E-state index is 11.5. The Hall–Kier alpha value is -0.830. The lowest BCUT2D eigenvalue weighted by Crippen LogP contribution is -2.32. The van der Waals surface area contributed by atoms with E-state index in [4.69, 9.17) is 5.73 Å². The zero-order valence-corrected chi connectivity index (χ0v) is 7.70. The Balaban J connectivity index is 1.73. The minimum Gasteiger partial charge on any atom is -0.355 e. The summed E-state index contributed by atoms with van der Waals surface area (Å²) in [5, 5.41) is 2.96. The van der Waals surface area contributed by atoms with Crippen molar-refractivity contribution in [1.29, 1.82) is 0 Å². The molecule has 2 atom stereocenters. The predicted octanol–water partition coefficient (Wildman–Crippen LogP) is 0.416. The van der Waals surface area contributed by atoms with Crippen LogP contribution in [0.3, 0.4) is 0 Å². The molecule has 2 unspecified atom stereocenters. The first kappa shape index (κ1) is 8.75. The van der Waals surface area contributed by atoms with E-state index in [2.05, 4.69) is 5.32 Å². The number of carbonyl (C=O) groups is 1. The first-order valence-electron chi connectivity index (χ1n) is 4.97.